The number of hydrogen-bond acceptors (Lipinski definition) is 5. The van der Waals surface area contributed by atoms with Crippen molar-refractivity contribution < 1.29 is 31.1 Å². The number of halogens is 4. The molecule has 0 bridgehead atoms. The highest BCUT2D eigenvalue weighted by atomic mass is 32.2. The van der Waals surface area contributed by atoms with E-state index in [4.69, 9.17) is 0 Å². The molecule has 0 aliphatic rings. The van der Waals surface area contributed by atoms with E-state index in [1.54, 1.807) is 0 Å². The normalized spacial score (nSPS) is 13.8. The number of aromatic nitrogens is 2. The molecule has 0 radical (unpaired) electrons. The Morgan fingerprint density at radius 3 is 2.32 bits per heavy atom. The van der Waals surface area contributed by atoms with Gasteiger partial charge in [0.15, 0.2) is 0 Å². The van der Waals surface area contributed by atoms with Crippen LogP contribution < -0.4 is 0 Å². The van der Waals surface area contributed by atoms with E-state index in [9.17, 15) is 26.6 Å². The van der Waals surface area contributed by atoms with Crippen molar-refractivity contribution in [2.75, 3.05) is 6.26 Å². The predicted octanol–water partition coefficient (Wildman–Crippen LogP) is 4.19. The predicted molar refractivity (Wildman–Crippen MR) is 90.2 cm³/mol. The van der Waals surface area contributed by atoms with E-state index >= 15 is 0 Å². The van der Waals surface area contributed by atoms with Crippen molar-refractivity contribution in [2.24, 2.45) is 4.36 Å². The third-order valence-corrected chi connectivity index (χ3v) is 5.22. The van der Waals surface area contributed by atoms with Crippen molar-refractivity contribution in [3.63, 3.8) is 0 Å². The summed E-state index contributed by atoms with van der Waals surface area (Å²) in [6.45, 7) is 0. The Labute approximate surface area is 156 Å². The molecule has 28 heavy (non-hydrogen) atoms. The number of hydrogen-bond donors (Lipinski definition) is 0. The first kappa shape index (κ1) is 19.7. The first-order valence-electron chi connectivity index (χ1n) is 7.60. The summed E-state index contributed by atoms with van der Waals surface area (Å²) < 4.78 is 72.1. The number of carbonyl (C=O) groups excluding carboxylic acids is 1. The van der Waals surface area contributed by atoms with Gasteiger partial charge < -0.3 is 4.52 Å². The number of benzene rings is 2. The molecule has 146 valence electrons. The molecule has 0 fully saturated rings. The molecule has 1 amide bonds. The minimum absolute atomic E-state index is 0.00484. The number of rotatable bonds is 3. The van der Waals surface area contributed by atoms with Gasteiger partial charge in [-0.15, -0.1) is 0 Å². The van der Waals surface area contributed by atoms with Crippen molar-refractivity contribution in [1.29, 1.82) is 0 Å². The monoisotopic (exact) mass is 413 g/mol. The van der Waals surface area contributed by atoms with E-state index in [1.807, 2.05) is 0 Å². The maximum atomic E-state index is 13.8. The lowest BCUT2D eigenvalue weighted by Gasteiger charge is -2.05. The Kier molecular flexibility index (Phi) is 5.02. The van der Waals surface area contributed by atoms with Gasteiger partial charge >= 0.3 is 6.18 Å². The van der Waals surface area contributed by atoms with Crippen LogP contribution in [0.2, 0.25) is 0 Å². The summed E-state index contributed by atoms with van der Waals surface area (Å²) in [7, 11) is -3.33. The highest BCUT2D eigenvalue weighted by Gasteiger charge is 2.37. The van der Waals surface area contributed by atoms with E-state index < -0.39 is 33.5 Å². The molecule has 1 aromatic heterocycles. The summed E-state index contributed by atoms with van der Waals surface area (Å²) in [6.07, 6.45) is -3.61. The third kappa shape index (κ3) is 4.09. The molecule has 1 heterocycles. The second-order valence-corrected chi connectivity index (χ2v) is 7.86. The summed E-state index contributed by atoms with van der Waals surface area (Å²) in [5.41, 5.74) is 0.149. The fourth-order valence-corrected chi connectivity index (χ4v) is 3.50. The lowest BCUT2D eigenvalue weighted by molar-refractivity contribution is -0.146. The zero-order valence-electron chi connectivity index (χ0n) is 14.1. The third-order valence-electron chi connectivity index (χ3n) is 3.56. The first-order valence-corrected chi connectivity index (χ1v) is 9.52. The molecule has 0 saturated carbocycles. The van der Waals surface area contributed by atoms with Crippen molar-refractivity contribution in [3.05, 3.63) is 65.7 Å². The van der Waals surface area contributed by atoms with Gasteiger partial charge in [0.05, 0.1) is 14.6 Å². The van der Waals surface area contributed by atoms with Crippen LogP contribution in [0.1, 0.15) is 16.2 Å². The van der Waals surface area contributed by atoms with Crippen molar-refractivity contribution in [1.82, 2.24) is 10.1 Å². The fourth-order valence-electron chi connectivity index (χ4n) is 2.22. The molecule has 11 heteroatoms. The van der Waals surface area contributed by atoms with E-state index in [0.29, 0.717) is 0 Å². The van der Waals surface area contributed by atoms with Crippen molar-refractivity contribution >= 4 is 15.6 Å². The average molecular weight is 413 g/mol. The largest absolute Gasteiger partial charge is 0.455 e. The average Bonchev–Trinajstić information content (AvgIpc) is 3.12. The topological polar surface area (TPSA) is 85.4 Å². The lowest BCUT2D eigenvalue weighted by atomic mass is 10.1. The molecular formula is C17H11F4N3O3S. The smallest absolute Gasteiger partial charge is 0.334 e. The Hall–Kier alpha value is -3.08. The highest BCUT2D eigenvalue weighted by molar-refractivity contribution is 7.93. The van der Waals surface area contributed by atoms with Gasteiger partial charge in [0, 0.05) is 17.4 Å². The van der Waals surface area contributed by atoms with Crippen LogP contribution in [0.25, 0.3) is 11.5 Å². The molecule has 0 spiro atoms. The van der Waals surface area contributed by atoms with Gasteiger partial charge in [-0.05, 0) is 36.4 Å². The maximum Gasteiger partial charge on any atom is 0.455 e. The second kappa shape index (κ2) is 7.15. The molecular weight excluding hydrogens is 402 g/mol. The fraction of sp³-hybridized carbons (Fsp3) is 0.118. The minimum atomic E-state index is -4.75. The minimum Gasteiger partial charge on any atom is -0.334 e. The van der Waals surface area contributed by atoms with E-state index in [0.717, 1.165) is 12.3 Å². The quantitative estimate of drug-likeness (QED) is 0.601. The summed E-state index contributed by atoms with van der Waals surface area (Å²) in [5, 5.41) is 2.84. The molecule has 1 atom stereocenters. The molecule has 2 aromatic carbocycles. The molecule has 3 rings (SSSR count). The van der Waals surface area contributed by atoms with Gasteiger partial charge in [0.2, 0.25) is 0 Å². The van der Waals surface area contributed by atoms with Crippen LogP contribution in [0.5, 0.6) is 0 Å². The number of carbonyl (C=O) groups is 1. The molecule has 0 N–H and O–H groups in total. The Morgan fingerprint density at radius 2 is 1.75 bits per heavy atom. The summed E-state index contributed by atoms with van der Waals surface area (Å²) in [6, 6.07) is 10.3. The Balaban J connectivity index is 1.87. The summed E-state index contributed by atoms with van der Waals surface area (Å²) in [5.74, 6) is -3.43. The first-order chi connectivity index (χ1) is 13.1. The Morgan fingerprint density at radius 1 is 1.11 bits per heavy atom. The van der Waals surface area contributed by atoms with Gasteiger partial charge in [0.1, 0.15) is 5.82 Å². The summed E-state index contributed by atoms with van der Waals surface area (Å²) >= 11 is 0. The molecule has 1 unspecified atom stereocenters. The molecule has 6 nitrogen and oxygen atoms in total. The van der Waals surface area contributed by atoms with Gasteiger partial charge in [-0.25, -0.2) is 8.60 Å². The molecule has 3 aromatic rings. The van der Waals surface area contributed by atoms with Crippen LogP contribution in [-0.2, 0) is 15.9 Å². The maximum absolute atomic E-state index is 13.8. The zero-order valence-corrected chi connectivity index (χ0v) is 14.9. The van der Waals surface area contributed by atoms with Crippen LogP contribution in [-0.4, -0.2) is 26.5 Å². The highest BCUT2D eigenvalue weighted by Crippen LogP contribution is 2.29. The van der Waals surface area contributed by atoms with Crippen LogP contribution in [0, 0.1) is 5.82 Å². The van der Waals surface area contributed by atoms with Crippen molar-refractivity contribution in [3.8, 4) is 11.5 Å². The standard InChI is InChI=1S/C17H11F4N3O3S/c1-28(26,13-5-3-2-4-12(13)18)24-14(25)10-6-8-11(9-7-10)15-22-16(23-27-15)17(19,20)21/h2-9H,1H3. The second-order valence-electron chi connectivity index (χ2n) is 5.63. The van der Waals surface area contributed by atoms with Gasteiger partial charge in [-0.3, -0.25) is 4.79 Å². The molecule has 0 saturated heterocycles. The number of amides is 1. The van der Waals surface area contributed by atoms with Gasteiger partial charge in [0.25, 0.3) is 17.6 Å². The van der Waals surface area contributed by atoms with E-state index in [2.05, 4.69) is 19.0 Å². The van der Waals surface area contributed by atoms with E-state index in [1.165, 1.54) is 42.5 Å². The SMILES string of the molecule is CS(=O)(=NC(=O)c1ccc(-c2nc(C(F)(F)F)no2)cc1)c1ccccc1F. The van der Waals surface area contributed by atoms with Crippen LogP contribution in [0.4, 0.5) is 17.6 Å². The van der Waals surface area contributed by atoms with E-state index in [-0.39, 0.29) is 21.9 Å². The lowest BCUT2D eigenvalue weighted by Crippen LogP contribution is -2.07. The molecule has 0 aliphatic heterocycles. The van der Waals surface area contributed by atoms with Gasteiger partial charge in [-0.2, -0.15) is 22.5 Å². The zero-order chi connectivity index (χ0) is 20.5. The van der Waals surface area contributed by atoms with Crippen LogP contribution in [0.15, 0.2) is 62.3 Å². The summed E-state index contributed by atoms with van der Waals surface area (Å²) in [4.78, 5) is 15.3. The van der Waals surface area contributed by atoms with Crippen LogP contribution in [0.3, 0.4) is 0 Å². The van der Waals surface area contributed by atoms with Gasteiger partial charge in [-0.1, -0.05) is 17.3 Å². The van der Waals surface area contributed by atoms with Crippen LogP contribution >= 0.6 is 0 Å². The van der Waals surface area contributed by atoms with Crippen molar-refractivity contribution in [2.45, 2.75) is 11.1 Å². The number of nitrogens with zero attached hydrogens (tertiary/aromatic N) is 3. The number of alkyl halides is 3. The Bertz CT molecular complexity index is 1150. The molecule has 0 aliphatic carbocycles.